The summed E-state index contributed by atoms with van der Waals surface area (Å²) in [4.78, 5) is 11.3. The molecule has 0 saturated heterocycles. The molecule has 0 heterocycles. The lowest BCUT2D eigenvalue weighted by atomic mass is 9.79. The van der Waals surface area contributed by atoms with E-state index in [1.54, 1.807) is 0 Å². The molecule has 3 heteroatoms. The van der Waals surface area contributed by atoms with Crippen LogP contribution in [0.25, 0.3) is 0 Å². The summed E-state index contributed by atoms with van der Waals surface area (Å²) in [5.74, 6) is -0.423. The quantitative estimate of drug-likeness (QED) is 0.727. The average molecular weight is 228 g/mol. The molecule has 3 nitrogen and oxygen atoms in total. The van der Waals surface area contributed by atoms with Crippen molar-refractivity contribution in [3.8, 4) is 0 Å². The van der Waals surface area contributed by atoms with E-state index in [-0.39, 0.29) is 5.92 Å². The van der Waals surface area contributed by atoms with E-state index in [2.05, 4.69) is 6.92 Å². The van der Waals surface area contributed by atoms with Gasteiger partial charge in [0.05, 0.1) is 0 Å². The van der Waals surface area contributed by atoms with Crippen LogP contribution < -0.4 is 0 Å². The fraction of sp³-hybridized carbons (Fsp3) is 0.923. The number of carboxylic acid groups (broad SMARTS) is 1. The minimum absolute atomic E-state index is 0.0603. The van der Waals surface area contributed by atoms with Crippen LogP contribution >= 0.6 is 0 Å². The van der Waals surface area contributed by atoms with E-state index in [1.165, 1.54) is 6.42 Å². The Morgan fingerprint density at radius 3 is 2.56 bits per heavy atom. The van der Waals surface area contributed by atoms with Crippen LogP contribution in [0.15, 0.2) is 0 Å². The van der Waals surface area contributed by atoms with Crippen molar-refractivity contribution in [3.63, 3.8) is 0 Å². The number of aliphatic carboxylic acids is 1. The van der Waals surface area contributed by atoms with Crippen molar-refractivity contribution in [3.05, 3.63) is 0 Å². The third kappa shape index (κ3) is 2.97. The van der Waals surface area contributed by atoms with E-state index < -0.39 is 11.6 Å². The first-order valence-electron chi connectivity index (χ1n) is 6.46. The fourth-order valence-corrected chi connectivity index (χ4v) is 2.83. The predicted molar refractivity (Wildman–Crippen MR) is 63.2 cm³/mol. The monoisotopic (exact) mass is 228 g/mol. The maximum absolute atomic E-state index is 11.3. The summed E-state index contributed by atoms with van der Waals surface area (Å²) in [6.07, 6.45) is 6.06. The molecule has 1 aliphatic carbocycles. The van der Waals surface area contributed by atoms with Crippen LogP contribution in [0.5, 0.6) is 0 Å². The number of hydrogen-bond acceptors (Lipinski definition) is 2. The molecule has 0 aromatic carbocycles. The molecule has 1 fully saturated rings. The molecule has 0 radical (unpaired) electrons. The van der Waals surface area contributed by atoms with Crippen LogP contribution in [0.3, 0.4) is 0 Å². The molecule has 0 bridgehead atoms. The molecule has 0 aliphatic heterocycles. The highest BCUT2D eigenvalue weighted by Gasteiger charge is 2.43. The van der Waals surface area contributed by atoms with Crippen molar-refractivity contribution in [2.45, 2.75) is 64.4 Å². The lowest BCUT2D eigenvalue weighted by Gasteiger charge is -2.31. The van der Waals surface area contributed by atoms with Gasteiger partial charge in [-0.3, -0.25) is 0 Å². The Labute approximate surface area is 97.9 Å². The summed E-state index contributed by atoms with van der Waals surface area (Å²) in [5.41, 5.74) is -1.49. The van der Waals surface area contributed by atoms with E-state index in [4.69, 9.17) is 0 Å². The molecule has 0 amide bonds. The highest BCUT2D eigenvalue weighted by molar-refractivity contribution is 5.77. The second-order valence-electron chi connectivity index (χ2n) is 5.29. The normalized spacial score (nSPS) is 30.4. The third-order valence-electron chi connectivity index (χ3n) is 3.93. The first-order valence-corrected chi connectivity index (χ1v) is 6.46. The van der Waals surface area contributed by atoms with Crippen molar-refractivity contribution >= 4 is 5.97 Å². The van der Waals surface area contributed by atoms with Gasteiger partial charge in [-0.05, 0) is 31.1 Å². The van der Waals surface area contributed by atoms with Gasteiger partial charge in [-0.15, -0.1) is 0 Å². The van der Waals surface area contributed by atoms with Gasteiger partial charge in [0.25, 0.3) is 0 Å². The zero-order valence-electron chi connectivity index (χ0n) is 10.4. The molecule has 0 spiro atoms. The minimum Gasteiger partial charge on any atom is -0.479 e. The number of aliphatic hydroxyl groups is 1. The smallest absolute Gasteiger partial charge is 0.335 e. The van der Waals surface area contributed by atoms with Crippen LogP contribution in [-0.2, 0) is 4.79 Å². The van der Waals surface area contributed by atoms with Gasteiger partial charge in [0, 0.05) is 0 Å². The molecule has 0 aromatic rings. The second kappa shape index (κ2) is 5.67. The maximum atomic E-state index is 11.3. The number of carbonyl (C=O) groups is 1. The fourth-order valence-electron chi connectivity index (χ4n) is 2.83. The molecular weight excluding hydrogens is 204 g/mol. The van der Waals surface area contributed by atoms with E-state index >= 15 is 0 Å². The molecule has 1 rings (SSSR count). The van der Waals surface area contributed by atoms with E-state index in [0.717, 1.165) is 32.1 Å². The van der Waals surface area contributed by atoms with Crippen LogP contribution in [0.4, 0.5) is 0 Å². The summed E-state index contributed by atoms with van der Waals surface area (Å²) < 4.78 is 0. The summed E-state index contributed by atoms with van der Waals surface area (Å²) in [7, 11) is 0. The minimum atomic E-state index is -1.49. The number of carboxylic acids is 1. The zero-order valence-corrected chi connectivity index (χ0v) is 10.4. The van der Waals surface area contributed by atoms with Crippen molar-refractivity contribution < 1.29 is 15.0 Å². The standard InChI is InChI=1S/C13H24O3/c1-3-9-13(16,12(14)15)11-6-4-5-10(2)7-8-11/h10-11,16H,3-9H2,1-2H3,(H,14,15). The third-order valence-corrected chi connectivity index (χ3v) is 3.93. The first-order chi connectivity index (χ1) is 7.50. The molecule has 16 heavy (non-hydrogen) atoms. The molecule has 94 valence electrons. The molecule has 3 atom stereocenters. The molecule has 0 aromatic heterocycles. The van der Waals surface area contributed by atoms with Gasteiger partial charge < -0.3 is 10.2 Å². The lowest BCUT2D eigenvalue weighted by Crippen LogP contribution is -2.45. The van der Waals surface area contributed by atoms with Gasteiger partial charge in [0.15, 0.2) is 5.60 Å². The maximum Gasteiger partial charge on any atom is 0.335 e. The van der Waals surface area contributed by atoms with Crippen molar-refractivity contribution in [1.82, 2.24) is 0 Å². The van der Waals surface area contributed by atoms with E-state index in [0.29, 0.717) is 12.3 Å². The average Bonchev–Trinajstić information content (AvgIpc) is 2.43. The largest absolute Gasteiger partial charge is 0.479 e. The summed E-state index contributed by atoms with van der Waals surface area (Å²) >= 11 is 0. The van der Waals surface area contributed by atoms with Crippen LogP contribution in [0, 0.1) is 11.8 Å². The Balaban J connectivity index is 2.73. The van der Waals surface area contributed by atoms with E-state index in [1.807, 2.05) is 6.92 Å². The van der Waals surface area contributed by atoms with Crippen molar-refractivity contribution in [1.29, 1.82) is 0 Å². The van der Waals surface area contributed by atoms with Crippen LogP contribution in [0.1, 0.15) is 58.8 Å². The Morgan fingerprint density at radius 2 is 2.00 bits per heavy atom. The number of rotatable bonds is 4. The molecule has 3 unspecified atom stereocenters. The number of hydrogen-bond donors (Lipinski definition) is 2. The van der Waals surface area contributed by atoms with Crippen LogP contribution in [0.2, 0.25) is 0 Å². The van der Waals surface area contributed by atoms with Gasteiger partial charge >= 0.3 is 5.97 Å². The van der Waals surface area contributed by atoms with Gasteiger partial charge in [0.2, 0.25) is 0 Å². The van der Waals surface area contributed by atoms with Gasteiger partial charge in [-0.1, -0.05) is 39.5 Å². The highest BCUT2D eigenvalue weighted by Crippen LogP contribution is 2.36. The Morgan fingerprint density at radius 1 is 1.31 bits per heavy atom. The van der Waals surface area contributed by atoms with Crippen molar-refractivity contribution in [2.75, 3.05) is 0 Å². The van der Waals surface area contributed by atoms with Gasteiger partial charge in [-0.25, -0.2) is 4.79 Å². The summed E-state index contributed by atoms with van der Waals surface area (Å²) in [6, 6.07) is 0. The van der Waals surface area contributed by atoms with Gasteiger partial charge in [0.1, 0.15) is 0 Å². The molecular formula is C13H24O3. The molecule has 1 saturated carbocycles. The summed E-state index contributed by atoms with van der Waals surface area (Å²) in [5, 5.41) is 19.5. The van der Waals surface area contributed by atoms with Crippen molar-refractivity contribution in [2.24, 2.45) is 11.8 Å². The Kier molecular flexibility index (Phi) is 4.78. The van der Waals surface area contributed by atoms with E-state index in [9.17, 15) is 15.0 Å². The van der Waals surface area contributed by atoms with Crippen LogP contribution in [-0.4, -0.2) is 21.8 Å². The highest BCUT2D eigenvalue weighted by atomic mass is 16.4. The Hall–Kier alpha value is -0.570. The molecule has 2 N–H and O–H groups in total. The first kappa shape index (κ1) is 13.5. The second-order valence-corrected chi connectivity index (χ2v) is 5.29. The summed E-state index contributed by atoms with van der Waals surface area (Å²) in [6.45, 7) is 4.13. The van der Waals surface area contributed by atoms with Gasteiger partial charge in [-0.2, -0.15) is 0 Å². The topological polar surface area (TPSA) is 57.5 Å². The Bertz CT molecular complexity index is 239. The lowest BCUT2D eigenvalue weighted by molar-refractivity contribution is -0.166. The zero-order chi connectivity index (χ0) is 12.2. The predicted octanol–water partition coefficient (Wildman–Crippen LogP) is 2.82. The molecule has 1 aliphatic rings. The SMILES string of the molecule is CCCC(O)(C(=O)O)C1CCCC(C)CC1.